The topological polar surface area (TPSA) is 57.9 Å². The Hall–Kier alpha value is -2.46. The SMILES string of the molecule is N#Cc1ccc(OC(F)(F)F)cc1Nc1cccnc1Cl. The molecule has 0 spiro atoms. The van der Waals surface area contributed by atoms with E-state index in [-0.39, 0.29) is 16.4 Å². The molecule has 0 saturated carbocycles. The number of rotatable bonds is 3. The van der Waals surface area contributed by atoms with Crippen LogP contribution in [0.1, 0.15) is 5.56 Å². The van der Waals surface area contributed by atoms with Crippen LogP contribution in [-0.4, -0.2) is 11.3 Å². The van der Waals surface area contributed by atoms with E-state index >= 15 is 0 Å². The highest BCUT2D eigenvalue weighted by molar-refractivity contribution is 6.32. The van der Waals surface area contributed by atoms with Crippen LogP contribution in [0.2, 0.25) is 5.15 Å². The molecule has 0 atom stereocenters. The number of pyridine rings is 1. The highest BCUT2D eigenvalue weighted by atomic mass is 35.5. The standard InChI is InChI=1S/C13H7ClF3N3O/c14-12-10(2-1-5-19-12)20-11-6-9(21-13(15,16)17)4-3-8(11)7-18/h1-6,20H. The van der Waals surface area contributed by atoms with Crippen molar-refractivity contribution in [3.05, 3.63) is 47.2 Å². The number of aromatic nitrogens is 1. The molecule has 0 aliphatic carbocycles. The first-order chi connectivity index (χ1) is 9.89. The van der Waals surface area contributed by atoms with Gasteiger partial charge in [0.15, 0.2) is 5.15 Å². The van der Waals surface area contributed by atoms with Crippen LogP contribution in [0.25, 0.3) is 0 Å². The number of alkyl halides is 3. The molecule has 1 aromatic heterocycles. The zero-order valence-electron chi connectivity index (χ0n) is 10.3. The quantitative estimate of drug-likeness (QED) is 0.861. The van der Waals surface area contributed by atoms with E-state index in [0.29, 0.717) is 5.69 Å². The third kappa shape index (κ3) is 4.00. The highest BCUT2D eigenvalue weighted by Crippen LogP contribution is 2.30. The normalized spacial score (nSPS) is 10.8. The van der Waals surface area contributed by atoms with E-state index in [1.807, 2.05) is 6.07 Å². The van der Waals surface area contributed by atoms with Crippen molar-refractivity contribution >= 4 is 23.0 Å². The zero-order valence-corrected chi connectivity index (χ0v) is 11.0. The first-order valence-corrected chi connectivity index (χ1v) is 5.94. The molecule has 0 radical (unpaired) electrons. The number of anilines is 2. The Bertz CT molecular complexity index is 698. The Labute approximate surface area is 122 Å². The molecule has 0 fully saturated rings. The van der Waals surface area contributed by atoms with Gasteiger partial charge in [0.05, 0.1) is 16.9 Å². The van der Waals surface area contributed by atoms with E-state index in [1.165, 1.54) is 12.3 Å². The van der Waals surface area contributed by atoms with Crippen molar-refractivity contribution in [2.75, 3.05) is 5.32 Å². The number of halogens is 4. The molecule has 4 nitrogen and oxygen atoms in total. The minimum atomic E-state index is -4.81. The predicted molar refractivity (Wildman–Crippen MR) is 70.4 cm³/mol. The zero-order chi connectivity index (χ0) is 15.5. The maximum absolute atomic E-state index is 12.2. The van der Waals surface area contributed by atoms with Crippen LogP contribution in [0.5, 0.6) is 5.75 Å². The van der Waals surface area contributed by atoms with E-state index < -0.39 is 12.1 Å². The lowest BCUT2D eigenvalue weighted by Crippen LogP contribution is -2.17. The van der Waals surface area contributed by atoms with Crippen LogP contribution in [0, 0.1) is 11.3 Å². The third-order valence-corrected chi connectivity index (χ3v) is 2.67. The summed E-state index contributed by atoms with van der Waals surface area (Å²) >= 11 is 5.85. The lowest BCUT2D eigenvalue weighted by Gasteiger charge is -2.13. The van der Waals surface area contributed by atoms with Crippen LogP contribution in [-0.2, 0) is 0 Å². The summed E-state index contributed by atoms with van der Waals surface area (Å²) in [7, 11) is 0. The van der Waals surface area contributed by atoms with Gasteiger partial charge in [-0.3, -0.25) is 0 Å². The minimum absolute atomic E-state index is 0.128. The number of benzene rings is 1. The lowest BCUT2D eigenvalue weighted by atomic mass is 10.2. The first-order valence-electron chi connectivity index (χ1n) is 5.56. The molecule has 2 aromatic rings. The van der Waals surface area contributed by atoms with Crippen LogP contribution >= 0.6 is 11.6 Å². The second-order valence-corrected chi connectivity index (χ2v) is 4.19. The van der Waals surface area contributed by atoms with E-state index in [9.17, 15) is 13.2 Å². The number of ether oxygens (including phenoxy) is 1. The van der Waals surface area contributed by atoms with E-state index in [1.54, 1.807) is 12.1 Å². The fourth-order valence-electron chi connectivity index (χ4n) is 1.55. The number of hydrogen-bond acceptors (Lipinski definition) is 4. The van der Waals surface area contributed by atoms with Gasteiger partial charge in [0.2, 0.25) is 0 Å². The second-order valence-electron chi connectivity index (χ2n) is 3.83. The summed E-state index contributed by atoms with van der Waals surface area (Å²) in [4.78, 5) is 3.82. The minimum Gasteiger partial charge on any atom is -0.406 e. The second kappa shape index (κ2) is 5.89. The summed E-state index contributed by atoms with van der Waals surface area (Å²) in [5, 5.41) is 11.9. The summed E-state index contributed by atoms with van der Waals surface area (Å²) in [5.41, 5.74) is 0.637. The Morgan fingerprint density at radius 3 is 2.62 bits per heavy atom. The Morgan fingerprint density at radius 1 is 1.24 bits per heavy atom. The fraction of sp³-hybridized carbons (Fsp3) is 0.0769. The summed E-state index contributed by atoms with van der Waals surface area (Å²) in [6, 6.07) is 8.37. The first kappa shape index (κ1) is 14.9. The van der Waals surface area contributed by atoms with Gasteiger partial charge in [0.1, 0.15) is 11.8 Å². The Morgan fingerprint density at radius 2 is 2.00 bits per heavy atom. The van der Waals surface area contributed by atoms with Crippen molar-refractivity contribution < 1.29 is 17.9 Å². The molecule has 0 unspecified atom stereocenters. The van der Waals surface area contributed by atoms with Crippen LogP contribution in [0.3, 0.4) is 0 Å². The maximum Gasteiger partial charge on any atom is 0.573 e. The van der Waals surface area contributed by atoms with Crippen LogP contribution in [0.15, 0.2) is 36.5 Å². The smallest absolute Gasteiger partial charge is 0.406 e. The molecule has 0 aliphatic heterocycles. The van der Waals surface area contributed by atoms with Gasteiger partial charge >= 0.3 is 6.36 Å². The van der Waals surface area contributed by atoms with Gasteiger partial charge in [-0.15, -0.1) is 13.2 Å². The van der Waals surface area contributed by atoms with Crippen molar-refractivity contribution in [2.45, 2.75) is 6.36 Å². The van der Waals surface area contributed by atoms with Gasteiger partial charge in [-0.1, -0.05) is 11.6 Å². The lowest BCUT2D eigenvalue weighted by molar-refractivity contribution is -0.274. The van der Waals surface area contributed by atoms with Gasteiger partial charge in [0, 0.05) is 12.3 Å². The molecule has 2 rings (SSSR count). The molecule has 1 aromatic carbocycles. The number of hydrogen-bond donors (Lipinski definition) is 1. The van der Waals surface area contributed by atoms with Crippen molar-refractivity contribution in [2.24, 2.45) is 0 Å². The number of nitriles is 1. The van der Waals surface area contributed by atoms with Crippen molar-refractivity contribution in [3.8, 4) is 11.8 Å². The van der Waals surface area contributed by atoms with Gasteiger partial charge in [-0.05, 0) is 24.3 Å². The number of nitrogens with zero attached hydrogens (tertiary/aromatic N) is 2. The summed E-state index contributed by atoms with van der Waals surface area (Å²) in [6.07, 6.45) is -3.35. The summed E-state index contributed by atoms with van der Waals surface area (Å²) in [6.45, 7) is 0. The van der Waals surface area contributed by atoms with Gasteiger partial charge < -0.3 is 10.1 Å². The average molecular weight is 314 g/mol. The molecule has 21 heavy (non-hydrogen) atoms. The van der Waals surface area contributed by atoms with Gasteiger partial charge in [0.25, 0.3) is 0 Å². The van der Waals surface area contributed by atoms with Crippen molar-refractivity contribution in [1.29, 1.82) is 5.26 Å². The monoisotopic (exact) mass is 313 g/mol. The molecule has 0 saturated heterocycles. The van der Waals surface area contributed by atoms with Crippen molar-refractivity contribution in [3.63, 3.8) is 0 Å². The highest BCUT2D eigenvalue weighted by Gasteiger charge is 2.31. The Kier molecular flexibility index (Phi) is 4.19. The van der Waals surface area contributed by atoms with E-state index in [0.717, 1.165) is 12.1 Å². The van der Waals surface area contributed by atoms with Crippen molar-refractivity contribution in [1.82, 2.24) is 4.98 Å². The molecule has 0 amide bonds. The Balaban J connectivity index is 2.35. The largest absolute Gasteiger partial charge is 0.573 e. The average Bonchev–Trinajstić information content (AvgIpc) is 2.40. The molecular weight excluding hydrogens is 307 g/mol. The molecule has 1 N–H and O–H groups in total. The fourth-order valence-corrected chi connectivity index (χ4v) is 1.71. The van der Waals surface area contributed by atoms with E-state index in [2.05, 4.69) is 15.0 Å². The number of nitrogens with one attached hydrogen (secondary N) is 1. The summed E-state index contributed by atoms with van der Waals surface area (Å²) in [5.74, 6) is -0.441. The predicted octanol–water partition coefficient (Wildman–Crippen LogP) is 4.25. The molecule has 108 valence electrons. The maximum atomic E-state index is 12.2. The van der Waals surface area contributed by atoms with Crippen LogP contribution < -0.4 is 10.1 Å². The van der Waals surface area contributed by atoms with Gasteiger partial charge in [-0.2, -0.15) is 5.26 Å². The van der Waals surface area contributed by atoms with Gasteiger partial charge in [-0.25, -0.2) is 4.98 Å². The third-order valence-electron chi connectivity index (χ3n) is 2.37. The van der Waals surface area contributed by atoms with E-state index in [4.69, 9.17) is 16.9 Å². The molecule has 1 heterocycles. The van der Waals surface area contributed by atoms with Crippen LogP contribution in [0.4, 0.5) is 24.5 Å². The molecule has 0 aliphatic rings. The molecule has 0 bridgehead atoms. The summed E-state index contributed by atoms with van der Waals surface area (Å²) < 4.78 is 40.4. The molecule has 8 heteroatoms. The molecular formula is C13H7ClF3N3O.